The van der Waals surface area contributed by atoms with E-state index in [0.29, 0.717) is 25.0 Å². The van der Waals surface area contributed by atoms with Crippen molar-refractivity contribution in [3.8, 4) is 0 Å². The largest absolute Gasteiger partial charge is 0.381 e. The first-order chi connectivity index (χ1) is 9.89. The van der Waals surface area contributed by atoms with Crippen LogP contribution in [0.4, 0.5) is 5.82 Å². The normalized spacial score (nSPS) is 28.5. The third-order valence-electron chi connectivity index (χ3n) is 4.75. The number of rotatable bonds is 2. The van der Waals surface area contributed by atoms with Crippen LogP contribution in [-0.4, -0.2) is 60.1 Å². The highest BCUT2D eigenvalue weighted by atomic mass is 32.2. The molecule has 2 fully saturated rings. The Kier molecular flexibility index (Phi) is 3.71. The van der Waals surface area contributed by atoms with E-state index in [-0.39, 0.29) is 10.7 Å². The van der Waals surface area contributed by atoms with Crippen LogP contribution in [0.5, 0.6) is 0 Å². The molecule has 2 unspecified atom stereocenters. The molecule has 1 aromatic rings. The summed E-state index contributed by atoms with van der Waals surface area (Å²) < 4.78 is 28.5. The highest BCUT2D eigenvalue weighted by Gasteiger charge is 2.39. The number of anilines is 1. The first kappa shape index (κ1) is 14.8. The fraction of sp³-hybridized carbons (Fsp3) is 0.769. The lowest BCUT2D eigenvalue weighted by atomic mass is 9.85. The van der Waals surface area contributed by atoms with Crippen LogP contribution in [0.3, 0.4) is 0 Å². The summed E-state index contributed by atoms with van der Waals surface area (Å²) in [5.74, 6) is 0.505. The van der Waals surface area contributed by atoms with Gasteiger partial charge in [-0.15, -0.1) is 0 Å². The van der Waals surface area contributed by atoms with Crippen molar-refractivity contribution in [1.29, 1.82) is 0 Å². The Hall–Kier alpha value is -1.12. The Morgan fingerprint density at radius 2 is 2.05 bits per heavy atom. The Bertz CT molecular complexity index is 627. The third-order valence-corrected chi connectivity index (χ3v) is 6.63. The molecule has 0 spiro atoms. The molecule has 2 aliphatic heterocycles. The Morgan fingerprint density at radius 1 is 1.29 bits per heavy atom. The van der Waals surface area contributed by atoms with Crippen LogP contribution in [-0.2, 0) is 17.1 Å². The fourth-order valence-electron chi connectivity index (χ4n) is 3.66. The zero-order valence-corrected chi connectivity index (χ0v) is 13.4. The lowest BCUT2D eigenvalue weighted by Crippen LogP contribution is -2.53. The number of nitrogens with zero attached hydrogens (tertiary/aromatic N) is 4. The summed E-state index contributed by atoms with van der Waals surface area (Å²) in [6.45, 7) is 2.26. The molecular weight excluding hydrogens is 290 g/mol. The van der Waals surface area contributed by atoms with Crippen molar-refractivity contribution in [3.05, 3.63) is 6.20 Å². The second-order valence-corrected chi connectivity index (χ2v) is 8.06. The molecule has 0 saturated carbocycles. The average Bonchev–Trinajstić information content (AvgIpc) is 2.78. The zero-order valence-electron chi connectivity index (χ0n) is 12.6. The van der Waals surface area contributed by atoms with E-state index < -0.39 is 10.0 Å². The lowest BCUT2D eigenvalue weighted by Gasteiger charge is -2.45. The maximum absolute atomic E-state index is 12.8. The van der Waals surface area contributed by atoms with Gasteiger partial charge in [-0.3, -0.25) is 4.68 Å². The van der Waals surface area contributed by atoms with Gasteiger partial charge in [0.1, 0.15) is 4.90 Å². The van der Waals surface area contributed by atoms with Crippen LogP contribution in [0.1, 0.15) is 19.3 Å². The van der Waals surface area contributed by atoms with Gasteiger partial charge in [-0.05, 0) is 38.8 Å². The zero-order chi connectivity index (χ0) is 15.2. The number of aromatic nitrogens is 2. The molecule has 0 aromatic carbocycles. The van der Waals surface area contributed by atoms with Gasteiger partial charge < -0.3 is 10.6 Å². The van der Waals surface area contributed by atoms with Gasteiger partial charge in [-0.25, -0.2) is 8.42 Å². The van der Waals surface area contributed by atoms with E-state index in [2.05, 4.69) is 17.0 Å². The average molecular weight is 313 g/mol. The van der Waals surface area contributed by atoms with Crippen LogP contribution in [0, 0.1) is 5.92 Å². The minimum Gasteiger partial charge on any atom is -0.381 e. The molecule has 2 N–H and O–H groups in total. The molecule has 8 heteroatoms. The molecule has 2 atom stereocenters. The van der Waals surface area contributed by atoms with E-state index in [1.807, 2.05) is 0 Å². The first-order valence-electron chi connectivity index (χ1n) is 7.39. The predicted molar refractivity (Wildman–Crippen MR) is 80.1 cm³/mol. The number of hydrogen-bond donors (Lipinski definition) is 1. The molecule has 0 aliphatic carbocycles. The molecule has 118 valence electrons. The van der Waals surface area contributed by atoms with Crippen molar-refractivity contribution >= 4 is 15.8 Å². The Balaban J connectivity index is 1.83. The second-order valence-electron chi connectivity index (χ2n) is 6.15. The molecule has 1 aromatic heterocycles. The highest BCUT2D eigenvalue weighted by Crippen LogP contribution is 2.32. The minimum absolute atomic E-state index is 0.0837. The van der Waals surface area contributed by atoms with Crippen molar-refractivity contribution < 1.29 is 8.42 Å². The molecule has 0 amide bonds. The Labute approximate surface area is 125 Å². The molecule has 7 nitrogen and oxygen atoms in total. The summed E-state index contributed by atoms with van der Waals surface area (Å²) >= 11 is 0. The van der Waals surface area contributed by atoms with E-state index in [9.17, 15) is 8.42 Å². The summed E-state index contributed by atoms with van der Waals surface area (Å²) in [5.41, 5.74) is 5.74. The predicted octanol–water partition coefficient (Wildman–Crippen LogP) is 0.107. The van der Waals surface area contributed by atoms with Gasteiger partial charge in [0.15, 0.2) is 5.82 Å². The third kappa shape index (κ3) is 2.56. The fourth-order valence-corrected chi connectivity index (χ4v) is 5.26. The topological polar surface area (TPSA) is 84.5 Å². The molecule has 3 rings (SSSR count). The molecule has 2 saturated heterocycles. The van der Waals surface area contributed by atoms with Gasteiger partial charge in [0.05, 0.1) is 0 Å². The molecule has 3 heterocycles. The van der Waals surface area contributed by atoms with Gasteiger partial charge >= 0.3 is 0 Å². The maximum atomic E-state index is 12.8. The number of likely N-dealkylation sites (tertiary alicyclic amines) is 1. The van der Waals surface area contributed by atoms with Gasteiger partial charge in [0.2, 0.25) is 10.0 Å². The van der Waals surface area contributed by atoms with Crippen LogP contribution in [0.25, 0.3) is 0 Å². The van der Waals surface area contributed by atoms with Crippen LogP contribution in [0.2, 0.25) is 0 Å². The van der Waals surface area contributed by atoms with Gasteiger partial charge in [-0.2, -0.15) is 9.40 Å². The number of hydrogen-bond acceptors (Lipinski definition) is 5. The summed E-state index contributed by atoms with van der Waals surface area (Å²) in [5, 5.41) is 3.95. The van der Waals surface area contributed by atoms with Crippen LogP contribution >= 0.6 is 0 Å². The number of aryl methyl sites for hydroxylation is 1. The number of piperidine rings is 2. The smallest absolute Gasteiger partial charge is 0.248 e. The second kappa shape index (κ2) is 5.26. The number of nitrogen functional groups attached to an aromatic ring is 1. The number of nitrogens with two attached hydrogens (primary N) is 1. The van der Waals surface area contributed by atoms with Crippen molar-refractivity contribution in [2.75, 3.05) is 32.4 Å². The van der Waals surface area contributed by atoms with E-state index in [1.54, 1.807) is 11.4 Å². The molecule has 21 heavy (non-hydrogen) atoms. The van der Waals surface area contributed by atoms with E-state index in [4.69, 9.17) is 5.73 Å². The monoisotopic (exact) mass is 313 g/mol. The van der Waals surface area contributed by atoms with Crippen molar-refractivity contribution in [1.82, 2.24) is 19.0 Å². The lowest BCUT2D eigenvalue weighted by molar-refractivity contribution is 0.0671. The number of fused-ring (bicyclic) bond motifs is 1. The van der Waals surface area contributed by atoms with Crippen LogP contribution in [0.15, 0.2) is 11.1 Å². The van der Waals surface area contributed by atoms with Crippen molar-refractivity contribution in [3.63, 3.8) is 0 Å². The summed E-state index contributed by atoms with van der Waals surface area (Å²) in [6, 6.07) is 0.511. The summed E-state index contributed by atoms with van der Waals surface area (Å²) in [6.07, 6.45) is 4.62. The van der Waals surface area contributed by atoms with E-state index in [0.717, 1.165) is 25.8 Å². The van der Waals surface area contributed by atoms with Gasteiger partial charge in [-0.1, -0.05) is 0 Å². The van der Waals surface area contributed by atoms with E-state index >= 15 is 0 Å². The van der Waals surface area contributed by atoms with Gasteiger partial charge in [0.25, 0.3) is 0 Å². The summed E-state index contributed by atoms with van der Waals surface area (Å²) in [7, 11) is 0.284. The van der Waals surface area contributed by atoms with Gasteiger partial charge in [0, 0.05) is 32.4 Å². The van der Waals surface area contributed by atoms with Crippen LogP contribution < -0.4 is 5.73 Å². The molecule has 2 aliphatic rings. The molecule has 0 bridgehead atoms. The number of sulfonamides is 1. The SMILES string of the molecule is CN1CCCC2CN(S(=O)(=O)c3cn(C)nc3N)CCC21. The molecular formula is C13H23N5O2S. The highest BCUT2D eigenvalue weighted by molar-refractivity contribution is 7.89. The quantitative estimate of drug-likeness (QED) is 0.837. The van der Waals surface area contributed by atoms with E-state index in [1.165, 1.54) is 10.9 Å². The Morgan fingerprint density at radius 3 is 2.71 bits per heavy atom. The van der Waals surface area contributed by atoms with Crippen molar-refractivity contribution in [2.24, 2.45) is 13.0 Å². The minimum atomic E-state index is -3.53. The summed E-state index contributed by atoms with van der Waals surface area (Å²) in [4.78, 5) is 2.50. The first-order valence-corrected chi connectivity index (χ1v) is 8.83. The standard InChI is InChI=1S/C13H23N5O2S/c1-16-6-3-4-10-8-18(7-5-11(10)16)21(19,20)12-9-17(2)15-13(12)14/h9-11H,3-8H2,1-2H3,(H2,14,15). The molecule has 0 radical (unpaired) electrons. The maximum Gasteiger partial charge on any atom is 0.248 e. The van der Waals surface area contributed by atoms with Crippen molar-refractivity contribution in [2.45, 2.75) is 30.2 Å².